The summed E-state index contributed by atoms with van der Waals surface area (Å²) in [5.74, 6) is -0.388. The second kappa shape index (κ2) is 28.6. The molecule has 0 fully saturated rings. The smallest absolute Gasteiger partial charge is 0.457 e. The van der Waals surface area contributed by atoms with Crippen molar-refractivity contribution in [2.45, 2.75) is 154 Å². The van der Waals surface area contributed by atoms with Crippen LogP contribution in [0.1, 0.15) is 142 Å². The van der Waals surface area contributed by atoms with Crippen molar-refractivity contribution in [3.63, 3.8) is 0 Å². The molecule has 10 heteroatoms. The van der Waals surface area contributed by atoms with E-state index in [4.69, 9.17) is 19.1 Å². The Bertz CT molecular complexity index is 606. The zero-order valence-corrected chi connectivity index (χ0v) is 26.5. The number of rotatable bonds is 31. The minimum atomic E-state index is -4.49. The first-order chi connectivity index (χ1) is 19.3. The number of aliphatic hydroxyl groups excluding tert-OH is 2. The summed E-state index contributed by atoms with van der Waals surface area (Å²) in [5.41, 5.74) is 0. The second-order valence-corrected chi connectivity index (χ2v) is 12.3. The van der Waals surface area contributed by atoms with Crippen LogP contribution in [0.5, 0.6) is 0 Å². The van der Waals surface area contributed by atoms with Crippen molar-refractivity contribution in [1.29, 1.82) is 0 Å². The van der Waals surface area contributed by atoms with Crippen LogP contribution in [0.3, 0.4) is 0 Å². The molecule has 40 heavy (non-hydrogen) atoms. The zero-order valence-electron chi connectivity index (χ0n) is 25.6. The van der Waals surface area contributed by atoms with Crippen LogP contribution in [0.2, 0.25) is 0 Å². The van der Waals surface area contributed by atoms with Gasteiger partial charge in [0.25, 0.3) is 0 Å². The number of carbonyl (C=O) groups is 1. The van der Waals surface area contributed by atoms with Crippen molar-refractivity contribution in [2.24, 2.45) is 0 Å². The standard InChI is InChI=1S/C30H61O9P/c1-3-5-7-9-11-12-13-14-15-17-19-21-23-36-26-29(27-38-40(34,35)37-25-28(32)24-31)39-30(33)22-20-18-16-10-8-6-4-2/h28-29,31-32H,3-27H2,1-2H3,(H,34,35)/t28-,29+/m0/s1. The Morgan fingerprint density at radius 3 is 1.62 bits per heavy atom. The number of phosphoric acid groups is 1. The SMILES string of the molecule is CCCCCCCCCCCCCCOC[C@H](COP(=O)(O)OC[C@@H](O)CO)OC(=O)CCCCCCCCC. The first-order valence-corrected chi connectivity index (χ1v) is 17.5. The van der Waals surface area contributed by atoms with E-state index in [9.17, 15) is 19.4 Å². The molecule has 0 spiro atoms. The van der Waals surface area contributed by atoms with Gasteiger partial charge in [0.15, 0.2) is 0 Å². The van der Waals surface area contributed by atoms with E-state index < -0.39 is 33.2 Å². The van der Waals surface area contributed by atoms with Crippen LogP contribution in [-0.2, 0) is 27.9 Å². The van der Waals surface area contributed by atoms with Gasteiger partial charge in [-0.05, 0) is 12.8 Å². The first kappa shape index (κ1) is 39.5. The maximum Gasteiger partial charge on any atom is 0.472 e. The predicted molar refractivity (Wildman–Crippen MR) is 159 cm³/mol. The Kier molecular flexibility index (Phi) is 28.2. The third-order valence-corrected chi connectivity index (χ3v) is 7.74. The highest BCUT2D eigenvalue weighted by Gasteiger charge is 2.26. The van der Waals surface area contributed by atoms with Crippen LogP contribution in [0, 0.1) is 0 Å². The van der Waals surface area contributed by atoms with E-state index in [1.807, 2.05) is 0 Å². The summed E-state index contributed by atoms with van der Waals surface area (Å²) in [5, 5.41) is 18.2. The molecule has 0 saturated heterocycles. The molecule has 0 aromatic carbocycles. The normalized spacial score (nSPS) is 14.6. The van der Waals surface area contributed by atoms with Gasteiger partial charge in [-0.15, -0.1) is 0 Å². The van der Waals surface area contributed by atoms with E-state index >= 15 is 0 Å². The Morgan fingerprint density at radius 1 is 0.675 bits per heavy atom. The Balaban J connectivity index is 4.24. The van der Waals surface area contributed by atoms with Crippen LogP contribution < -0.4 is 0 Å². The number of hydrogen-bond donors (Lipinski definition) is 3. The minimum absolute atomic E-state index is 0.0556. The van der Waals surface area contributed by atoms with Gasteiger partial charge in [-0.3, -0.25) is 13.8 Å². The number of ether oxygens (including phenoxy) is 2. The number of aliphatic hydroxyl groups is 2. The molecule has 0 rings (SSSR count). The molecule has 0 heterocycles. The molecule has 0 radical (unpaired) electrons. The number of phosphoric ester groups is 1. The lowest BCUT2D eigenvalue weighted by Crippen LogP contribution is -2.29. The molecule has 0 saturated carbocycles. The summed E-state index contributed by atoms with van der Waals surface area (Å²) in [7, 11) is -4.49. The lowest BCUT2D eigenvalue weighted by atomic mass is 10.1. The van der Waals surface area contributed by atoms with Crippen molar-refractivity contribution in [1.82, 2.24) is 0 Å². The topological polar surface area (TPSA) is 132 Å². The van der Waals surface area contributed by atoms with Gasteiger partial charge in [0.2, 0.25) is 0 Å². The fraction of sp³-hybridized carbons (Fsp3) is 0.967. The van der Waals surface area contributed by atoms with Crippen molar-refractivity contribution in [3.05, 3.63) is 0 Å². The molecule has 1 unspecified atom stereocenters. The van der Waals surface area contributed by atoms with Gasteiger partial charge < -0.3 is 24.6 Å². The average Bonchev–Trinajstić information content (AvgIpc) is 2.94. The highest BCUT2D eigenvalue weighted by atomic mass is 31.2. The number of carbonyl (C=O) groups excluding carboxylic acids is 1. The Labute approximate surface area is 244 Å². The van der Waals surface area contributed by atoms with E-state index in [2.05, 4.69) is 18.4 Å². The fourth-order valence-corrected chi connectivity index (χ4v) is 5.08. The molecule has 0 aromatic heterocycles. The molecular weight excluding hydrogens is 535 g/mol. The average molecular weight is 597 g/mol. The van der Waals surface area contributed by atoms with Gasteiger partial charge in [0, 0.05) is 13.0 Å². The molecule has 0 aliphatic rings. The van der Waals surface area contributed by atoms with Crippen molar-refractivity contribution >= 4 is 13.8 Å². The van der Waals surface area contributed by atoms with E-state index in [1.165, 1.54) is 89.9 Å². The van der Waals surface area contributed by atoms with E-state index in [-0.39, 0.29) is 25.6 Å². The second-order valence-electron chi connectivity index (χ2n) is 10.8. The maximum absolute atomic E-state index is 12.4. The van der Waals surface area contributed by atoms with Gasteiger partial charge in [-0.1, -0.05) is 123 Å². The molecule has 0 aromatic rings. The quantitative estimate of drug-likeness (QED) is 0.0430. The zero-order chi connectivity index (χ0) is 29.7. The van der Waals surface area contributed by atoms with Gasteiger partial charge in [0.05, 0.1) is 26.4 Å². The largest absolute Gasteiger partial charge is 0.472 e. The van der Waals surface area contributed by atoms with Gasteiger partial charge in [0.1, 0.15) is 12.2 Å². The number of hydrogen-bond acceptors (Lipinski definition) is 8. The molecule has 0 aliphatic heterocycles. The van der Waals surface area contributed by atoms with Crippen LogP contribution >= 0.6 is 7.82 Å². The number of esters is 1. The molecule has 0 amide bonds. The van der Waals surface area contributed by atoms with E-state index in [1.54, 1.807) is 0 Å². The van der Waals surface area contributed by atoms with Crippen LogP contribution in [0.25, 0.3) is 0 Å². The summed E-state index contributed by atoms with van der Waals surface area (Å²) in [6, 6.07) is 0. The van der Waals surface area contributed by atoms with Crippen molar-refractivity contribution in [2.75, 3.05) is 33.0 Å². The highest BCUT2D eigenvalue weighted by Crippen LogP contribution is 2.43. The summed E-state index contributed by atoms with van der Waals surface area (Å²) >= 11 is 0. The van der Waals surface area contributed by atoms with Crippen LogP contribution in [-0.4, -0.2) is 66.3 Å². The highest BCUT2D eigenvalue weighted by molar-refractivity contribution is 7.47. The monoisotopic (exact) mass is 596 g/mol. The summed E-state index contributed by atoms with van der Waals surface area (Å²) < 4.78 is 32.9. The molecule has 0 aliphatic carbocycles. The molecule has 3 N–H and O–H groups in total. The van der Waals surface area contributed by atoms with E-state index in [0.29, 0.717) is 6.61 Å². The molecular formula is C30H61O9P. The summed E-state index contributed by atoms with van der Waals surface area (Å²) in [6.07, 6.45) is 20.8. The summed E-state index contributed by atoms with van der Waals surface area (Å²) in [4.78, 5) is 22.2. The van der Waals surface area contributed by atoms with E-state index in [0.717, 1.165) is 32.1 Å². The van der Waals surface area contributed by atoms with Gasteiger partial charge in [-0.25, -0.2) is 4.57 Å². The summed E-state index contributed by atoms with van der Waals surface area (Å²) in [6.45, 7) is 3.46. The third kappa shape index (κ3) is 27.6. The fourth-order valence-electron chi connectivity index (χ4n) is 4.29. The molecule has 9 nitrogen and oxygen atoms in total. The van der Waals surface area contributed by atoms with Gasteiger partial charge >= 0.3 is 13.8 Å². The van der Waals surface area contributed by atoms with Crippen LogP contribution in [0.15, 0.2) is 0 Å². The van der Waals surface area contributed by atoms with Gasteiger partial charge in [-0.2, -0.15) is 0 Å². The first-order valence-electron chi connectivity index (χ1n) is 16.0. The maximum atomic E-state index is 12.4. The lowest BCUT2D eigenvalue weighted by molar-refractivity contribution is -0.154. The Morgan fingerprint density at radius 2 is 1.12 bits per heavy atom. The minimum Gasteiger partial charge on any atom is -0.457 e. The molecule has 0 bridgehead atoms. The molecule has 240 valence electrons. The van der Waals surface area contributed by atoms with Crippen molar-refractivity contribution in [3.8, 4) is 0 Å². The lowest BCUT2D eigenvalue weighted by Gasteiger charge is -2.20. The number of unbranched alkanes of at least 4 members (excludes halogenated alkanes) is 17. The molecule has 3 atom stereocenters. The Hall–Kier alpha value is -0.540. The van der Waals surface area contributed by atoms with Crippen LogP contribution in [0.4, 0.5) is 0 Å². The third-order valence-electron chi connectivity index (χ3n) is 6.79. The predicted octanol–water partition coefficient (Wildman–Crippen LogP) is 7.24. The van der Waals surface area contributed by atoms with Crippen molar-refractivity contribution < 1.29 is 43.0 Å².